The Hall–Kier alpha value is -1.63. The van der Waals surface area contributed by atoms with E-state index in [1.807, 2.05) is 0 Å². The Bertz CT molecular complexity index is 628. The van der Waals surface area contributed by atoms with Gasteiger partial charge in [0.25, 0.3) is 0 Å². The zero-order chi connectivity index (χ0) is 12.8. The van der Waals surface area contributed by atoms with Crippen molar-refractivity contribution in [1.82, 2.24) is 0 Å². The van der Waals surface area contributed by atoms with E-state index in [0.717, 1.165) is 11.8 Å². The maximum atomic E-state index is 12.4. The van der Waals surface area contributed by atoms with Crippen LogP contribution >= 0.6 is 0 Å². The van der Waals surface area contributed by atoms with E-state index in [1.54, 1.807) is 0 Å². The molecule has 96 valence electrons. The van der Waals surface area contributed by atoms with Crippen molar-refractivity contribution in [3.05, 3.63) is 48.0 Å². The number of benzene rings is 2. The predicted octanol–water partition coefficient (Wildman–Crippen LogP) is 4.00. The Morgan fingerprint density at radius 1 is 1.00 bits per heavy atom. The molecule has 2 fully saturated rings. The standard InChI is InChI=1S/C18H18O/c19-17(18-15-9-4-10-16(15)18)11-13-7-3-6-12-5-1-2-8-14(12)13/h1-3,5-8,15-16,18H,4,9-11H2. The number of Topliss-reactive ketones (excluding diaryl/α,β-unsaturated/α-hetero) is 1. The highest BCUT2D eigenvalue weighted by Crippen LogP contribution is 2.58. The summed E-state index contributed by atoms with van der Waals surface area (Å²) in [6.07, 6.45) is 4.54. The summed E-state index contributed by atoms with van der Waals surface area (Å²) in [5.41, 5.74) is 1.20. The Morgan fingerprint density at radius 3 is 2.58 bits per heavy atom. The van der Waals surface area contributed by atoms with Crippen molar-refractivity contribution in [1.29, 1.82) is 0 Å². The van der Waals surface area contributed by atoms with Crippen LogP contribution in [0.5, 0.6) is 0 Å². The molecule has 0 aromatic heterocycles. The summed E-state index contributed by atoms with van der Waals surface area (Å²) >= 11 is 0. The van der Waals surface area contributed by atoms with Crippen LogP contribution in [0.4, 0.5) is 0 Å². The van der Waals surface area contributed by atoms with Crippen molar-refractivity contribution in [2.24, 2.45) is 17.8 Å². The lowest BCUT2D eigenvalue weighted by atomic mass is 9.97. The molecule has 0 amide bonds. The summed E-state index contributed by atoms with van der Waals surface area (Å²) in [7, 11) is 0. The third kappa shape index (κ3) is 1.80. The molecular weight excluding hydrogens is 232 g/mol. The van der Waals surface area contributed by atoms with Crippen LogP contribution < -0.4 is 0 Å². The second kappa shape index (κ2) is 4.19. The first kappa shape index (κ1) is 11.2. The van der Waals surface area contributed by atoms with Crippen LogP contribution in [0.15, 0.2) is 42.5 Å². The smallest absolute Gasteiger partial charge is 0.140 e. The number of rotatable bonds is 3. The topological polar surface area (TPSA) is 17.1 Å². The van der Waals surface area contributed by atoms with E-state index in [9.17, 15) is 4.79 Å². The van der Waals surface area contributed by atoms with Gasteiger partial charge >= 0.3 is 0 Å². The molecule has 2 atom stereocenters. The minimum Gasteiger partial charge on any atom is -0.299 e. The second-order valence-corrected chi connectivity index (χ2v) is 6.07. The van der Waals surface area contributed by atoms with Gasteiger partial charge in [0, 0.05) is 12.3 Å². The quantitative estimate of drug-likeness (QED) is 0.804. The molecule has 4 rings (SSSR count). The van der Waals surface area contributed by atoms with E-state index in [1.165, 1.54) is 35.6 Å². The highest BCUT2D eigenvalue weighted by molar-refractivity contribution is 5.93. The second-order valence-electron chi connectivity index (χ2n) is 6.07. The summed E-state index contributed by atoms with van der Waals surface area (Å²) in [5, 5.41) is 2.48. The Balaban J connectivity index is 1.60. The lowest BCUT2D eigenvalue weighted by Gasteiger charge is -2.07. The number of carbonyl (C=O) groups is 1. The highest BCUT2D eigenvalue weighted by Gasteiger charge is 2.55. The summed E-state index contributed by atoms with van der Waals surface area (Å²) < 4.78 is 0. The van der Waals surface area contributed by atoms with Gasteiger partial charge in [-0.2, -0.15) is 0 Å². The number of hydrogen-bond donors (Lipinski definition) is 0. The molecule has 0 bridgehead atoms. The van der Waals surface area contributed by atoms with Crippen molar-refractivity contribution in [2.75, 3.05) is 0 Å². The molecule has 2 aromatic carbocycles. The van der Waals surface area contributed by atoms with E-state index in [4.69, 9.17) is 0 Å². The lowest BCUT2D eigenvalue weighted by molar-refractivity contribution is -0.120. The molecule has 0 N–H and O–H groups in total. The van der Waals surface area contributed by atoms with Crippen molar-refractivity contribution < 1.29 is 4.79 Å². The predicted molar refractivity (Wildman–Crippen MR) is 77.0 cm³/mol. The van der Waals surface area contributed by atoms with Crippen LogP contribution in [-0.2, 0) is 11.2 Å². The number of hydrogen-bond acceptors (Lipinski definition) is 1. The van der Waals surface area contributed by atoms with Gasteiger partial charge in [0.2, 0.25) is 0 Å². The van der Waals surface area contributed by atoms with Crippen LogP contribution in [0.3, 0.4) is 0 Å². The molecule has 0 radical (unpaired) electrons. The van der Waals surface area contributed by atoms with E-state index in [-0.39, 0.29) is 0 Å². The van der Waals surface area contributed by atoms with E-state index in [0.29, 0.717) is 18.1 Å². The average molecular weight is 250 g/mol. The van der Waals surface area contributed by atoms with Gasteiger partial charge in [0.1, 0.15) is 5.78 Å². The fraction of sp³-hybridized carbons (Fsp3) is 0.389. The molecule has 1 heteroatoms. The molecule has 19 heavy (non-hydrogen) atoms. The van der Waals surface area contributed by atoms with Crippen molar-refractivity contribution in [3.63, 3.8) is 0 Å². The molecule has 2 aromatic rings. The van der Waals surface area contributed by atoms with Crippen LogP contribution in [0.25, 0.3) is 10.8 Å². The Kier molecular flexibility index (Phi) is 2.48. The Morgan fingerprint density at radius 2 is 1.74 bits per heavy atom. The SMILES string of the molecule is O=C(Cc1cccc2ccccc12)C1C2CCCC21. The van der Waals surface area contributed by atoms with Crippen molar-refractivity contribution >= 4 is 16.6 Å². The van der Waals surface area contributed by atoms with Crippen molar-refractivity contribution in [3.8, 4) is 0 Å². The lowest BCUT2D eigenvalue weighted by Crippen LogP contribution is -2.09. The first-order valence-corrected chi connectivity index (χ1v) is 7.34. The fourth-order valence-corrected chi connectivity index (χ4v) is 4.05. The summed E-state index contributed by atoms with van der Waals surface area (Å²) in [5.74, 6) is 2.35. The van der Waals surface area contributed by atoms with Crippen LogP contribution in [0.1, 0.15) is 24.8 Å². The third-order valence-corrected chi connectivity index (χ3v) is 5.02. The monoisotopic (exact) mass is 250 g/mol. The number of ketones is 1. The summed E-state index contributed by atoms with van der Waals surface area (Å²) in [6.45, 7) is 0. The van der Waals surface area contributed by atoms with E-state index in [2.05, 4.69) is 42.5 Å². The van der Waals surface area contributed by atoms with Gasteiger partial charge in [-0.3, -0.25) is 4.79 Å². The van der Waals surface area contributed by atoms with E-state index >= 15 is 0 Å². The molecule has 0 spiro atoms. The zero-order valence-corrected chi connectivity index (χ0v) is 11.0. The van der Waals surface area contributed by atoms with Gasteiger partial charge in [-0.05, 0) is 41.0 Å². The van der Waals surface area contributed by atoms with Gasteiger partial charge in [-0.15, -0.1) is 0 Å². The molecular formula is C18H18O. The minimum atomic E-state index is 0.396. The van der Waals surface area contributed by atoms with Gasteiger partial charge in [-0.25, -0.2) is 0 Å². The summed E-state index contributed by atoms with van der Waals surface area (Å²) in [6, 6.07) is 14.7. The molecule has 0 aliphatic heterocycles. The largest absolute Gasteiger partial charge is 0.299 e. The van der Waals surface area contributed by atoms with Gasteiger partial charge in [0.05, 0.1) is 0 Å². The average Bonchev–Trinajstić information content (AvgIpc) is 2.93. The molecule has 2 aliphatic rings. The maximum absolute atomic E-state index is 12.4. The molecule has 2 unspecified atom stereocenters. The number of fused-ring (bicyclic) bond motifs is 2. The number of carbonyl (C=O) groups excluding carboxylic acids is 1. The van der Waals surface area contributed by atoms with Gasteiger partial charge in [0.15, 0.2) is 0 Å². The molecule has 1 nitrogen and oxygen atoms in total. The summed E-state index contributed by atoms with van der Waals surface area (Å²) in [4.78, 5) is 12.4. The molecule has 2 saturated carbocycles. The van der Waals surface area contributed by atoms with Crippen molar-refractivity contribution in [2.45, 2.75) is 25.7 Å². The highest BCUT2D eigenvalue weighted by atomic mass is 16.1. The van der Waals surface area contributed by atoms with Crippen LogP contribution in [0, 0.1) is 17.8 Å². The van der Waals surface area contributed by atoms with E-state index < -0.39 is 0 Å². The van der Waals surface area contributed by atoms with Crippen LogP contribution in [0.2, 0.25) is 0 Å². The molecule has 0 saturated heterocycles. The Labute approximate surface area is 113 Å². The minimum absolute atomic E-state index is 0.396. The maximum Gasteiger partial charge on any atom is 0.140 e. The normalized spacial score (nSPS) is 28.3. The first-order valence-electron chi connectivity index (χ1n) is 7.34. The zero-order valence-electron chi connectivity index (χ0n) is 11.0. The van der Waals surface area contributed by atoms with Gasteiger partial charge < -0.3 is 0 Å². The molecule has 2 aliphatic carbocycles. The fourth-order valence-electron chi connectivity index (χ4n) is 4.05. The third-order valence-electron chi connectivity index (χ3n) is 5.02. The molecule has 0 heterocycles. The van der Waals surface area contributed by atoms with Crippen LogP contribution in [-0.4, -0.2) is 5.78 Å². The van der Waals surface area contributed by atoms with Gasteiger partial charge in [-0.1, -0.05) is 48.9 Å². The first-order chi connectivity index (χ1) is 9.34.